The second-order valence-corrected chi connectivity index (χ2v) is 6.11. The lowest BCUT2D eigenvalue weighted by atomic mass is 9.83. The van der Waals surface area contributed by atoms with Crippen LogP contribution in [0, 0.1) is 15.5 Å². The lowest BCUT2D eigenvalue weighted by molar-refractivity contribution is -0.384. The number of carboxylic acids is 1. The quantitative estimate of drug-likeness (QED) is 0.642. The molecule has 1 aromatic heterocycles. The molecule has 1 atom stereocenters. The molecule has 0 radical (unpaired) electrons. The fourth-order valence-electron chi connectivity index (χ4n) is 2.89. The number of aromatic nitrogens is 1. The number of hydrogen-bond acceptors (Lipinski definition) is 5. The fraction of sp³-hybridized carbons (Fsp3) is 0.538. The Kier molecular flexibility index (Phi) is 4.46. The second-order valence-electron chi connectivity index (χ2n) is 5.25. The van der Waals surface area contributed by atoms with E-state index in [1.54, 1.807) is 4.90 Å². The van der Waals surface area contributed by atoms with E-state index in [1.807, 2.05) is 6.92 Å². The number of carboxylic acid groups (broad SMARTS) is 1. The van der Waals surface area contributed by atoms with E-state index >= 15 is 0 Å². The highest BCUT2D eigenvalue weighted by Crippen LogP contribution is 2.43. The maximum atomic E-state index is 11.6. The van der Waals surface area contributed by atoms with Crippen LogP contribution in [0.5, 0.6) is 0 Å². The van der Waals surface area contributed by atoms with Gasteiger partial charge < -0.3 is 10.0 Å². The number of aliphatic carboxylic acids is 1. The minimum Gasteiger partial charge on any atom is -0.481 e. The van der Waals surface area contributed by atoms with Gasteiger partial charge >= 0.3 is 11.7 Å². The molecular formula is C13H16BrN3O4. The molecule has 0 aromatic carbocycles. The van der Waals surface area contributed by atoms with Crippen LogP contribution < -0.4 is 4.90 Å². The zero-order valence-corrected chi connectivity index (χ0v) is 13.2. The number of anilines is 1. The van der Waals surface area contributed by atoms with Crippen molar-refractivity contribution >= 4 is 33.3 Å². The summed E-state index contributed by atoms with van der Waals surface area (Å²) in [7, 11) is 0. The highest BCUT2D eigenvalue weighted by molar-refractivity contribution is 9.10. The summed E-state index contributed by atoms with van der Waals surface area (Å²) in [5.74, 6) is -0.834. The van der Waals surface area contributed by atoms with Gasteiger partial charge in [-0.25, -0.2) is 0 Å². The molecule has 1 aliphatic rings. The third-order valence-corrected chi connectivity index (χ3v) is 4.48. The van der Waals surface area contributed by atoms with Gasteiger partial charge in [-0.15, -0.1) is 0 Å². The molecule has 2 heterocycles. The van der Waals surface area contributed by atoms with Crippen molar-refractivity contribution in [3.8, 4) is 0 Å². The van der Waals surface area contributed by atoms with Gasteiger partial charge in [0, 0.05) is 19.3 Å². The number of nitro groups is 1. The van der Waals surface area contributed by atoms with Crippen molar-refractivity contribution in [3.63, 3.8) is 0 Å². The van der Waals surface area contributed by atoms with Crippen molar-refractivity contribution in [2.24, 2.45) is 5.41 Å². The van der Waals surface area contributed by atoms with Gasteiger partial charge in [0.05, 0.1) is 14.8 Å². The van der Waals surface area contributed by atoms with Crippen LogP contribution in [0.2, 0.25) is 0 Å². The molecule has 1 fully saturated rings. The van der Waals surface area contributed by atoms with Crippen LogP contribution in [0.4, 0.5) is 11.4 Å². The minimum absolute atomic E-state index is 0.109. The van der Waals surface area contributed by atoms with Crippen LogP contribution in [0.15, 0.2) is 16.9 Å². The maximum Gasteiger partial charge on any atom is 0.311 e. The molecule has 0 spiro atoms. The summed E-state index contributed by atoms with van der Waals surface area (Å²) >= 11 is 3.28. The first-order chi connectivity index (χ1) is 9.91. The Balaban J connectivity index is 2.38. The van der Waals surface area contributed by atoms with Crippen LogP contribution in [0.25, 0.3) is 0 Å². The summed E-state index contributed by atoms with van der Waals surface area (Å²) in [6.45, 7) is 2.70. The molecule has 1 N–H and O–H groups in total. The minimum atomic E-state index is -0.834. The molecule has 0 amide bonds. The van der Waals surface area contributed by atoms with Crippen molar-refractivity contribution in [3.05, 3.63) is 27.0 Å². The number of hydrogen-bond donors (Lipinski definition) is 1. The number of rotatable bonds is 5. The molecule has 1 aromatic rings. The Hall–Kier alpha value is -1.70. The average Bonchev–Trinajstić information content (AvgIpc) is 2.84. The van der Waals surface area contributed by atoms with Crippen LogP contribution in [0.3, 0.4) is 0 Å². The fourth-order valence-corrected chi connectivity index (χ4v) is 3.46. The van der Waals surface area contributed by atoms with Crippen molar-refractivity contribution in [2.45, 2.75) is 26.2 Å². The molecule has 0 bridgehead atoms. The molecule has 1 unspecified atom stereocenters. The van der Waals surface area contributed by atoms with E-state index in [0.29, 0.717) is 29.5 Å². The smallest absolute Gasteiger partial charge is 0.311 e. The molecule has 1 aliphatic heterocycles. The van der Waals surface area contributed by atoms with Gasteiger partial charge in [-0.05, 0) is 28.8 Å². The standard InChI is InChI=1S/C13H16BrN3O4/c1-2-3-13(12(18)19)4-5-16(8-13)11-9(14)6-15-7-10(11)17(20)21/h6-7H,2-5,8H2,1H3,(H,18,19). The highest BCUT2D eigenvalue weighted by Gasteiger charge is 2.45. The lowest BCUT2D eigenvalue weighted by Gasteiger charge is -2.25. The zero-order chi connectivity index (χ0) is 15.6. The molecule has 8 heteroatoms. The van der Waals surface area contributed by atoms with Crippen molar-refractivity contribution in [2.75, 3.05) is 18.0 Å². The van der Waals surface area contributed by atoms with E-state index in [4.69, 9.17) is 0 Å². The predicted molar refractivity (Wildman–Crippen MR) is 80.4 cm³/mol. The molecule has 7 nitrogen and oxygen atoms in total. The largest absolute Gasteiger partial charge is 0.481 e. The molecule has 0 aliphatic carbocycles. The first kappa shape index (κ1) is 15.7. The summed E-state index contributed by atoms with van der Waals surface area (Å²) < 4.78 is 0.509. The average molecular weight is 358 g/mol. The molecule has 2 rings (SSSR count). The van der Waals surface area contributed by atoms with Gasteiger partial charge in [0.1, 0.15) is 11.9 Å². The van der Waals surface area contributed by atoms with Crippen molar-refractivity contribution < 1.29 is 14.8 Å². The van der Waals surface area contributed by atoms with Gasteiger partial charge in [0.15, 0.2) is 0 Å². The normalized spacial score (nSPS) is 21.5. The van der Waals surface area contributed by atoms with Gasteiger partial charge in [0.25, 0.3) is 0 Å². The Morgan fingerprint density at radius 2 is 2.33 bits per heavy atom. The predicted octanol–water partition coefficient (Wildman–Crippen LogP) is 2.83. The van der Waals surface area contributed by atoms with E-state index in [2.05, 4.69) is 20.9 Å². The number of carbonyl (C=O) groups is 1. The zero-order valence-electron chi connectivity index (χ0n) is 11.6. The van der Waals surface area contributed by atoms with E-state index in [1.165, 1.54) is 12.4 Å². The molecular weight excluding hydrogens is 342 g/mol. The van der Waals surface area contributed by atoms with Crippen LogP contribution in [0.1, 0.15) is 26.2 Å². The molecule has 21 heavy (non-hydrogen) atoms. The van der Waals surface area contributed by atoms with E-state index in [0.717, 1.165) is 6.42 Å². The number of pyridine rings is 1. The monoisotopic (exact) mass is 357 g/mol. The van der Waals surface area contributed by atoms with Gasteiger partial charge in [-0.3, -0.25) is 19.9 Å². The van der Waals surface area contributed by atoms with Crippen molar-refractivity contribution in [1.29, 1.82) is 0 Å². The SMILES string of the molecule is CCCC1(C(=O)O)CCN(c2c(Br)cncc2[N+](=O)[O-])C1. The van der Waals surface area contributed by atoms with E-state index in [-0.39, 0.29) is 12.2 Å². The van der Waals surface area contributed by atoms with Gasteiger partial charge in [-0.1, -0.05) is 13.3 Å². The van der Waals surface area contributed by atoms with Crippen LogP contribution in [-0.2, 0) is 4.79 Å². The first-order valence-corrected chi connectivity index (χ1v) is 7.47. The summed E-state index contributed by atoms with van der Waals surface area (Å²) in [6, 6.07) is 0. The summed E-state index contributed by atoms with van der Waals surface area (Å²) in [5.41, 5.74) is -0.526. The Morgan fingerprint density at radius 3 is 2.90 bits per heavy atom. The van der Waals surface area contributed by atoms with Crippen molar-refractivity contribution in [1.82, 2.24) is 4.98 Å². The summed E-state index contributed by atoms with van der Waals surface area (Å²) in [4.78, 5) is 27.9. The maximum absolute atomic E-state index is 11.6. The van der Waals surface area contributed by atoms with Gasteiger partial charge in [0.2, 0.25) is 0 Å². The van der Waals surface area contributed by atoms with E-state index < -0.39 is 16.3 Å². The van der Waals surface area contributed by atoms with Gasteiger partial charge in [-0.2, -0.15) is 0 Å². The van der Waals surface area contributed by atoms with Crippen LogP contribution >= 0.6 is 15.9 Å². The topological polar surface area (TPSA) is 96.6 Å². The molecule has 0 saturated carbocycles. The summed E-state index contributed by atoms with van der Waals surface area (Å²) in [6.07, 6.45) is 4.50. The lowest BCUT2D eigenvalue weighted by Crippen LogP contribution is -2.34. The molecule has 114 valence electrons. The number of nitrogens with zero attached hydrogens (tertiary/aromatic N) is 3. The Labute approximate surface area is 130 Å². The number of halogens is 1. The highest BCUT2D eigenvalue weighted by atomic mass is 79.9. The van der Waals surface area contributed by atoms with E-state index in [9.17, 15) is 20.0 Å². The Bertz CT molecular complexity index is 581. The van der Waals surface area contributed by atoms with Crippen LogP contribution in [-0.4, -0.2) is 34.1 Å². The third-order valence-electron chi connectivity index (χ3n) is 3.90. The Morgan fingerprint density at radius 1 is 1.62 bits per heavy atom. The second kappa shape index (κ2) is 5.97. The summed E-state index contributed by atoms with van der Waals surface area (Å²) in [5, 5.41) is 20.7. The third kappa shape index (κ3) is 2.85. The first-order valence-electron chi connectivity index (χ1n) is 6.67. The molecule has 1 saturated heterocycles.